The quantitative estimate of drug-likeness (QED) is 0.659. The lowest BCUT2D eigenvalue weighted by Crippen LogP contribution is -2.29. The lowest BCUT2D eigenvalue weighted by molar-refractivity contribution is -0.129. The van der Waals surface area contributed by atoms with Crippen molar-refractivity contribution >= 4 is 16.8 Å². The first kappa shape index (κ1) is 18.8. The summed E-state index contributed by atoms with van der Waals surface area (Å²) in [7, 11) is 5.10. The molecule has 0 radical (unpaired) electrons. The molecule has 5 nitrogen and oxygen atoms in total. The van der Waals surface area contributed by atoms with Crippen LogP contribution in [0.2, 0.25) is 0 Å². The summed E-state index contributed by atoms with van der Waals surface area (Å²) >= 11 is 0. The van der Waals surface area contributed by atoms with E-state index in [2.05, 4.69) is 17.1 Å². The fourth-order valence-corrected chi connectivity index (χ4v) is 3.23. The highest BCUT2D eigenvalue weighted by molar-refractivity contribution is 5.83. The van der Waals surface area contributed by atoms with E-state index in [-0.39, 0.29) is 5.91 Å². The van der Waals surface area contributed by atoms with Crippen LogP contribution in [0.1, 0.15) is 17.5 Å². The maximum absolute atomic E-state index is 12.5. The van der Waals surface area contributed by atoms with Gasteiger partial charge in [-0.25, -0.2) is 0 Å². The van der Waals surface area contributed by atoms with E-state index in [0.29, 0.717) is 30.9 Å². The minimum absolute atomic E-state index is 0.143. The number of nitrogens with zero attached hydrogens (tertiary/aromatic N) is 1. The van der Waals surface area contributed by atoms with Crippen molar-refractivity contribution in [3.05, 3.63) is 59.8 Å². The number of aryl methyl sites for hydroxylation is 1. The Morgan fingerprint density at radius 2 is 1.81 bits per heavy atom. The van der Waals surface area contributed by atoms with Crippen molar-refractivity contribution in [1.82, 2.24) is 9.88 Å². The average molecular weight is 366 g/mol. The topological polar surface area (TPSA) is 54.6 Å². The second kappa shape index (κ2) is 8.62. The maximum atomic E-state index is 12.5. The van der Waals surface area contributed by atoms with Gasteiger partial charge in [0.15, 0.2) is 11.5 Å². The van der Waals surface area contributed by atoms with Crippen molar-refractivity contribution in [3.8, 4) is 11.5 Å². The predicted octanol–water partition coefficient (Wildman–Crippen LogP) is 3.82. The van der Waals surface area contributed by atoms with Crippen molar-refractivity contribution in [3.63, 3.8) is 0 Å². The SMILES string of the molecule is COc1ccc(CCC(=O)N(C)CCc2c[nH]c3ccccc23)cc1OC. The molecular weight excluding hydrogens is 340 g/mol. The van der Waals surface area contributed by atoms with E-state index < -0.39 is 0 Å². The number of rotatable bonds is 8. The van der Waals surface area contributed by atoms with Gasteiger partial charge in [0.2, 0.25) is 5.91 Å². The number of nitrogens with one attached hydrogen (secondary N) is 1. The normalized spacial score (nSPS) is 10.8. The molecule has 0 aliphatic heterocycles. The van der Waals surface area contributed by atoms with E-state index in [1.807, 2.05) is 48.5 Å². The third-order valence-corrected chi connectivity index (χ3v) is 4.89. The minimum Gasteiger partial charge on any atom is -0.493 e. The Labute approximate surface area is 159 Å². The Hall–Kier alpha value is -2.95. The largest absolute Gasteiger partial charge is 0.493 e. The van der Waals surface area contributed by atoms with Crippen LogP contribution < -0.4 is 9.47 Å². The number of hydrogen-bond donors (Lipinski definition) is 1. The zero-order chi connectivity index (χ0) is 19.2. The van der Waals surface area contributed by atoms with Crippen molar-refractivity contribution in [2.75, 3.05) is 27.8 Å². The van der Waals surface area contributed by atoms with Crippen LogP contribution in [0.5, 0.6) is 11.5 Å². The van der Waals surface area contributed by atoms with Crippen LogP contribution in [0.25, 0.3) is 10.9 Å². The van der Waals surface area contributed by atoms with Crippen molar-refractivity contribution in [2.45, 2.75) is 19.3 Å². The van der Waals surface area contributed by atoms with Gasteiger partial charge in [-0.1, -0.05) is 24.3 Å². The van der Waals surface area contributed by atoms with Crippen molar-refractivity contribution < 1.29 is 14.3 Å². The molecule has 0 atom stereocenters. The number of ether oxygens (including phenoxy) is 2. The van der Waals surface area contributed by atoms with E-state index in [1.54, 1.807) is 14.2 Å². The fraction of sp³-hybridized carbons (Fsp3) is 0.318. The number of carbonyl (C=O) groups excluding carboxylic acids is 1. The number of fused-ring (bicyclic) bond motifs is 1. The smallest absolute Gasteiger partial charge is 0.222 e. The van der Waals surface area contributed by atoms with Crippen LogP contribution in [-0.2, 0) is 17.6 Å². The van der Waals surface area contributed by atoms with Gasteiger partial charge in [-0.05, 0) is 42.2 Å². The van der Waals surface area contributed by atoms with Crippen LogP contribution in [0.3, 0.4) is 0 Å². The van der Waals surface area contributed by atoms with Gasteiger partial charge >= 0.3 is 0 Å². The van der Waals surface area contributed by atoms with Crippen LogP contribution in [0.4, 0.5) is 0 Å². The van der Waals surface area contributed by atoms with E-state index >= 15 is 0 Å². The highest BCUT2D eigenvalue weighted by Gasteiger charge is 2.12. The Balaban J connectivity index is 1.53. The molecule has 5 heteroatoms. The first-order valence-corrected chi connectivity index (χ1v) is 9.12. The number of benzene rings is 2. The number of hydrogen-bond acceptors (Lipinski definition) is 3. The van der Waals surface area contributed by atoms with Gasteiger partial charge in [-0.3, -0.25) is 4.79 Å². The molecule has 1 aromatic heterocycles. The molecule has 3 aromatic rings. The predicted molar refractivity (Wildman–Crippen MR) is 108 cm³/mol. The molecule has 0 saturated heterocycles. The summed E-state index contributed by atoms with van der Waals surface area (Å²) in [6.45, 7) is 0.701. The van der Waals surface area contributed by atoms with Gasteiger partial charge in [0.05, 0.1) is 14.2 Å². The molecule has 0 aliphatic rings. The van der Waals surface area contributed by atoms with Gasteiger partial charge in [-0.15, -0.1) is 0 Å². The zero-order valence-electron chi connectivity index (χ0n) is 16.1. The second-order valence-electron chi connectivity index (χ2n) is 6.61. The molecule has 0 unspecified atom stereocenters. The van der Waals surface area contributed by atoms with E-state index in [0.717, 1.165) is 17.5 Å². The van der Waals surface area contributed by atoms with Crippen molar-refractivity contribution in [1.29, 1.82) is 0 Å². The summed E-state index contributed by atoms with van der Waals surface area (Å²) in [6, 6.07) is 14.0. The lowest BCUT2D eigenvalue weighted by Gasteiger charge is -2.17. The molecule has 1 heterocycles. The van der Waals surface area contributed by atoms with E-state index in [4.69, 9.17) is 9.47 Å². The molecule has 1 amide bonds. The number of H-pyrrole nitrogens is 1. The molecule has 142 valence electrons. The Kier molecular flexibility index (Phi) is 6.01. The number of aromatic amines is 1. The van der Waals surface area contributed by atoms with Gasteiger partial charge in [0.1, 0.15) is 0 Å². The average Bonchev–Trinajstić information content (AvgIpc) is 3.13. The Bertz CT molecular complexity index is 917. The third kappa shape index (κ3) is 4.42. The summed E-state index contributed by atoms with van der Waals surface area (Å²) in [5.41, 5.74) is 3.44. The van der Waals surface area contributed by atoms with Crippen LogP contribution in [0.15, 0.2) is 48.7 Å². The van der Waals surface area contributed by atoms with Crippen LogP contribution in [-0.4, -0.2) is 43.6 Å². The standard InChI is InChI=1S/C22H26N2O3/c1-24(13-12-17-15-23-19-7-5-4-6-18(17)19)22(25)11-9-16-8-10-20(26-2)21(14-16)27-3/h4-8,10,14-15,23H,9,11-13H2,1-3H3. The number of para-hydroxylation sites is 1. The number of carbonyl (C=O) groups is 1. The summed E-state index contributed by atoms with van der Waals surface area (Å²) in [4.78, 5) is 17.6. The Morgan fingerprint density at radius 1 is 1.04 bits per heavy atom. The van der Waals surface area contributed by atoms with Gasteiger partial charge < -0.3 is 19.4 Å². The molecule has 0 bridgehead atoms. The minimum atomic E-state index is 0.143. The highest BCUT2D eigenvalue weighted by atomic mass is 16.5. The number of aromatic nitrogens is 1. The third-order valence-electron chi connectivity index (χ3n) is 4.89. The summed E-state index contributed by atoms with van der Waals surface area (Å²) in [6.07, 6.45) is 4.02. The molecule has 0 spiro atoms. The lowest BCUT2D eigenvalue weighted by atomic mass is 10.1. The molecule has 3 rings (SSSR count). The van der Waals surface area contributed by atoms with Crippen molar-refractivity contribution in [2.24, 2.45) is 0 Å². The molecule has 0 aliphatic carbocycles. The van der Waals surface area contributed by atoms with Gasteiger partial charge in [-0.2, -0.15) is 0 Å². The second-order valence-corrected chi connectivity index (χ2v) is 6.61. The molecule has 2 aromatic carbocycles. The van der Waals surface area contributed by atoms with Gasteiger partial charge in [0, 0.05) is 37.1 Å². The Morgan fingerprint density at radius 3 is 2.59 bits per heavy atom. The van der Waals surface area contributed by atoms with Crippen LogP contribution in [0, 0.1) is 0 Å². The van der Waals surface area contributed by atoms with Gasteiger partial charge in [0.25, 0.3) is 0 Å². The van der Waals surface area contributed by atoms with E-state index in [1.165, 1.54) is 10.9 Å². The molecule has 0 fully saturated rings. The zero-order valence-corrected chi connectivity index (χ0v) is 16.1. The maximum Gasteiger partial charge on any atom is 0.222 e. The number of amides is 1. The molecule has 1 N–H and O–H groups in total. The summed E-state index contributed by atoms with van der Waals surface area (Å²) < 4.78 is 10.6. The molecular formula is C22H26N2O3. The first-order chi connectivity index (χ1) is 13.1. The first-order valence-electron chi connectivity index (χ1n) is 9.12. The summed E-state index contributed by atoms with van der Waals surface area (Å²) in [5, 5.41) is 1.23. The molecule has 0 saturated carbocycles. The summed E-state index contributed by atoms with van der Waals surface area (Å²) in [5.74, 6) is 1.53. The molecule has 27 heavy (non-hydrogen) atoms. The highest BCUT2D eigenvalue weighted by Crippen LogP contribution is 2.28. The number of methoxy groups -OCH3 is 2. The van der Waals surface area contributed by atoms with Crippen LogP contribution >= 0.6 is 0 Å². The fourth-order valence-electron chi connectivity index (χ4n) is 3.23. The van der Waals surface area contributed by atoms with E-state index in [9.17, 15) is 4.79 Å². The number of likely N-dealkylation sites (N-methyl/N-ethyl adjacent to an activating group) is 1. The monoisotopic (exact) mass is 366 g/mol.